The van der Waals surface area contributed by atoms with Gasteiger partial charge in [-0.05, 0) is 31.9 Å². The Labute approximate surface area is 153 Å². The van der Waals surface area contributed by atoms with Gasteiger partial charge in [0.15, 0.2) is 15.1 Å². The van der Waals surface area contributed by atoms with Gasteiger partial charge in [0, 0.05) is 5.92 Å². The predicted molar refractivity (Wildman–Crippen MR) is 95.1 cm³/mol. The molecule has 26 heavy (non-hydrogen) atoms. The van der Waals surface area contributed by atoms with E-state index in [2.05, 4.69) is 0 Å². The van der Waals surface area contributed by atoms with E-state index in [9.17, 15) is 28.2 Å². The molecule has 2 unspecified atom stereocenters. The molecule has 2 N–H and O–H groups in total. The molecule has 1 fully saturated rings. The molecule has 1 saturated heterocycles. The zero-order valence-electron chi connectivity index (χ0n) is 15.1. The largest absolute Gasteiger partial charge is 0.480 e. The third-order valence-corrected chi connectivity index (χ3v) is 7.02. The number of rotatable bonds is 7. The van der Waals surface area contributed by atoms with Gasteiger partial charge < -0.3 is 15.1 Å². The maximum absolute atomic E-state index is 13.1. The number of nitrogens with zero attached hydrogens (tertiary/aromatic N) is 1. The van der Waals surface area contributed by atoms with Crippen LogP contribution in [0.3, 0.4) is 0 Å². The molecule has 1 amide bonds. The number of hydrogen-bond acceptors (Lipinski definition) is 5. The second-order valence-corrected chi connectivity index (χ2v) is 8.72. The summed E-state index contributed by atoms with van der Waals surface area (Å²) in [6.07, 6.45) is -0.496. The monoisotopic (exact) mass is 383 g/mol. The lowest BCUT2D eigenvalue weighted by Crippen LogP contribution is -2.47. The Balaban J connectivity index is 2.52. The van der Waals surface area contributed by atoms with Gasteiger partial charge in [0.1, 0.15) is 12.3 Å². The minimum Gasteiger partial charge on any atom is -0.480 e. The SMILES string of the molecule is CCC[C@H]1C(O)N([C@@H](CC)C(=O)O)C(=O)C1S(=O)(=O)c1ccc(C)cc1. The Hall–Kier alpha value is -1.93. The van der Waals surface area contributed by atoms with Crippen LogP contribution < -0.4 is 0 Å². The molecule has 1 aliphatic heterocycles. The van der Waals surface area contributed by atoms with E-state index in [-0.39, 0.29) is 11.3 Å². The molecule has 2 rings (SSSR count). The number of aliphatic hydroxyl groups excluding tert-OH is 1. The van der Waals surface area contributed by atoms with Crippen molar-refractivity contribution in [3.8, 4) is 0 Å². The average Bonchev–Trinajstić information content (AvgIpc) is 2.81. The molecule has 1 aromatic rings. The summed E-state index contributed by atoms with van der Waals surface area (Å²) in [4.78, 5) is 25.2. The first-order valence-corrected chi connectivity index (χ1v) is 10.2. The average molecular weight is 383 g/mol. The number of carboxylic acid groups (broad SMARTS) is 1. The first kappa shape index (κ1) is 20.4. The van der Waals surface area contributed by atoms with Crippen molar-refractivity contribution in [2.24, 2.45) is 5.92 Å². The van der Waals surface area contributed by atoms with E-state index in [1.54, 1.807) is 19.1 Å². The quantitative estimate of drug-likeness (QED) is 0.739. The molecule has 4 atom stereocenters. The predicted octanol–water partition coefficient (Wildman–Crippen LogP) is 1.58. The molecule has 8 heteroatoms. The lowest BCUT2D eigenvalue weighted by atomic mass is 10.0. The minimum atomic E-state index is -4.05. The summed E-state index contributed by atoms with van der Waals surface area (Å²) < 4.78 is 26.2. The van der Waals surface area contributed by atoms with Gasteiger partial charge in [-0.15, -0.1) is 0 Å². The maximum atomic E-state index is 13.1. The van der Waals surface area contributed by atoms with Crippen LogP contribution >= 0.6 is 0 Å². The van der Waals surface area contributed by atoms with Crippen LogP contribution in [0.2, 0.25) is 0 Å². The van der Waals surface area contributed by atoms with Crippen LogP contribution in [0.15, 0.2) is 29.2 Å². The summed E-state index contributed by atoms with van der Waals surface area (Å²) in [5.41, 5.74) is 0.880. The van der Waals surface area contributed by atoms with Crippen LogP contribution in [0, 0.1) is 12.8 Å². The fourth-order valence-corrected chi connectivity index (χ4v) is 5.46. The Kier molecular flexibility index (Phi) is 6.08. The van der Waals surface area contributed by atoms with Crippen molar-refractivity contribution < 1.29 is 28.2 Å². The van der Waals surface area contributed by atoms with E-state index < -0.39 is 45.2 Å². The maximum Gasteiger partial charge on any atom is 0.326 e. The second-order valence-electron chi connectivity index (χ2n) is 6.65. The highest BCUT2D eigenvalue weighted by Crippen LogP contribution is 2.37. The number of aliphatic carboxylic acids is 1. The molecule has 1 heterocycles. The van der Waals surface area contributed by atoms with Crippen molar-refractivity contribution in [1.29, 1.82) is 0 Å². The topological polar surface area (TPSA) is 112 Å². The number of carboxylic acids is 1. The summed E-state index contributed by atoms with van der Waals surface area (Å²) in [5, 5.41) is 18.5. The van der Waals surface area contributed by atoms with Gasteiger partial charge in [-0.25, -0.2) is 13.2 Å². The molecular formula is C18H25NO6S. The molecule has 1 aromatic carbocycles. The van der Waals surface area contributed by atoms with Gasteiger partial charge in [0.2, 0.25) is 5.91 Å². The van der Waals surface area contributed by atoms with Gasteiger partial charge in [-0.2, -0.15) is 0 Å². The number of amides is 1. The highest BCUT2D eigenvalue weighted by Gasteiger charge is 2.56. The molecule has 0 aliphatic carbocycles. The zero-order valence-corrected chi connectivity index (χ0v) is 15.9. The summed E-state index contributed by atoms with van der Waals surface area (Å²) in [7, 11) is -4.05. The highest BCUT2D eigenvalue weighted by molar-refractivity contribution is 7.92. The van der Waals surface area contributed by atoms with Crippen LogP contribution in [0.4, 0.5) is 0 Å². The van der Waals surface area contributed by atoms with Crippen molar-refractivity contribution in [3.05, 3.63) is 29.8 Å². The Bertz CT molecular complexity index is 773. The molecule has 0 radical (unpaired) electrons. The van der Waals surface area contributed by atoms with Crippen molar-refractivity contribution in [1.82, 2.24) is 4.90 Å². The summed E-state index contributed by atoms with van der Waals surface area (Å²) >= 11 is 0. The van der Waals surface area contributed by atoms with Gasteiger partial charge in [0.05, 0.1) is 4.90 Å². The number of sulfone groups is 1. The van der Waals surface area contributed by atoms with Crippen molar-refractivity contribution in [2.45, 2.75) is 62.4 Å². The molecular weight excluding hydrogens is 358 g/mol. The van der Waals surface area contributed by atoms with E-state index in [1.807, 2.05) is 13.8 Å². The zero-order chi connectivity index (χ0) is 19.6. The van der Waals surface area contributed by atoms with Crippen LogP contribution in [0.25, 0.3) is 0 Å². The fourth-order valence-electron chi connectivity index (χ4n) is 3.52. The van der Waals surface area contributed by atoms with Crippen LogP contribution in [-0.4, -0.2) is 52.9 Å². The van der Waals surface area contributed by atoms with E-state index in [4.69, 9.17) is 0 Å². The van der Waals surface area contributed by atoms with E-state index >= 15 is 0 Å². The number of hydrogen-bond donors (Lipinski definition) is 2. The van der Waals surface area contributed by atoms with Crippen molar-refractivity contribution in [2.75, 3.05) is 0 Å². The molecule has 7 nitrogen and oxygen atoms in total. The molecule has 0 saturated carbocycles. The fraction of sp³-hybridized carbons (Fsp3) is 0.556. The number of aliphatic hydroxyl groups is 1. The third kappa shape index (κ3) is 3.48. The standard InChI is InChI=1S/C18H25NO6S/c1-4-6-13-15(26(24,25)12-9-7-11(3)8-10-12)17(21)19(16(13)20)14(5-2)18(22)23/h7-10,13-16,20H,4-6H2,1-3H3,(H,22,23)/t13-,14+,15?,16?/m1/s1. The van der Waals surface area contributed by atoms with E-state index in [0.717, 1.165) is 10.5 Å². The molecule has 0 spiro atoms. The van der Waals surface area contributed by atoms with Gasteiger partial charge in [-0.3, -0.25) is 4.79 Å². The summed E-state index contributed by atoms with van der Waals surface area (Å²) in [6, 6.07) is 4.90. The lowest BCUT2D eigenvalue weighted by Gasteiger charge is -2.28. The van der Waals surface area contributed by atoms with Crippen molar-refractivity contribution in [3.63, 3.8) is 0 Å². The number of carbonyl (C=O) groups excluding carboxylic acids is 1. The molecule has 144 valence electrons. The number of benzene rings is 1. The first-order valence-electron chi connectivity index (χ1n) is 8.70. The van der Waals surface area contributed by atoms with Crippen molar-refractivity contribution >= 4 is 21.7 Å². The third-order valence-electron chi connectivity index (χ3n) is 4.87. The smallest absolute Gasteiger partial charge is 0.326 e. The number of aryl methyl sites for hydroxylation is 1. The summed E-state index contributed by atoms with van der Waals surface area (Å²) in [5.74, 6) is -2.97. The first-order chi connectivity index (χ1) is 12.2. The van der Waals surface area contributed by atoms with Gasteiger partial charge in [0.25, 0.3) is 0 Å². The second kappa shape index (κ2) is 7.75. The Morgan fingerprint density at radius 3 is 2.27 bits per heavy atom. The van der Waals surface area contributed by atoms with Gasteiger partial charge in [-0.1, -0.05) is 38.0 Å². The summed E-state index contributed by atoms with van der Waals surface area (Å²) in [6.45, 7) is 5.22. The molecule has 1 aliphatic rings. The molecule has 0 aromatic heterocycles. The number of likely N-dealkylation sites (tertiary alicyclic amines) is 1. The van der Waals surface area contributed by atoms with E-state index in [0.29, 0.717) is 12.8 Å². The van der Waals surface area contributed by atoms with Crippen LogP contribution in [0.1, 0.15) is 38.7 Å². The van der Waals surface area contributed by atoms with Crippen LogP contribution in [0.5, 0.6) is 0 Å². The Morgan fingerprint density at radius 2 is 1.81 bits per heavy atom. The number of carbonyl (C=O) groups is 2. The van der Waals surface area contributed by atoms with E-state index in [1.165, 1.54) is 12.1 Å². The van der Waals surface area contributed by atoms with Gasteiger partial charge >= 0.3 is 5.97 Å². The normalized spacial score (nSPS) is 24.7. The van der Waals surface area contributed by atoms with Crippen LogP contribution in [-0.2, 0) is 19.4 Å². The minimum absolute atomic E-state index is 0.0000217. The lowest BCUT2D eigenvalue weighted by molar-refractivity contribution is -0.155. The Morgan fingerprint density at radius 1 is 1.23 bits per heavy atom. The highest BCUT2D eigenvalue weighted by atomic mass is 32.2. The molecule has 0 bridgehead atoms.